The highest BCUT2D eigenvalue weighted by atomic mass is 19.1. The third-order valence-corrected chi connectivity index (χ3v) is 3.66. The molecule has 0 saturated carbocycles. The lowest BCUT2D eigenvalue weighted by Crippen LogP contribution is -2.39. The molecule has 0 radical (unpaired) electrons. The second kappa shape index (κ2) is 6.13. The molecule has 3 rings (SSSR count). The van der Waals surface area contributed by atoms with Crippen LogP contribution in [0.1, 0.15) is 18.0 Å². The molecule has 0 aromatic heterocycles. The van der Waals surface area contributed by atoms with Crippen molar-refractivity contribution in [3.63, 3.8) is 0 Å². The number of hydrogen-bond donors (Lipinski definition) is 4. The number of phenols is 1. The van der Waals surface area contributed by atoms with Crippen molar-refractivity contribution < 1.29 is 14.3 Å². The average molecular weight is 301 g/mol. The van der Waals surface area contributed by atoms with Gasteiger partial charge >= 0.3 is 0 Å². The number of rotatable bonds is 3. The molecule has 1 saturated heterocycles. The zero-order valence-electron chi connectivity index (χ0n) is 11.7. The molecular formula is C16H16FN3O2. The van der Waals surface area contributed by atoms with Gasteiger partial charge < -0.3 is 10.4 Å². The molecule has 22 heavy (non-hydrogen) atoms. The van der Waals surface area contributed by atoms with Crippen LogP contribution >= 0.6 is 0 Å². The first kappa shape index (κ1) is 14.5. The van der Waals surface area contributed by atoms with E-state index in [-0.39, 0.29) is 23.4 Å². The zero-order valence-corrected chi connectivity index (χ0v) is 11.7. The minimum atomic E-state index is -0.510. The molecular weight excluding hydrogens is 285 g/mol. The molecule has 6 heteroatoms. The Morgan fingerprint density at radius 3 is 2.64 bits per heavy atom. The van der Waals surface area contributed by atoms with E-state index in [1.165, 1.54) is 12.1 Å². The lowest BCUT2D eigenvalue weighted by molar-refractivity contribution is -0.117. The molecule has 1 heterocycles. The number of para-hydroxylation sites is 2. The summed E-state index contributed by atoms with van der Waals surface area (Å²) in [6, 6.07) is 12.3. The van der Waals surface area contributed by atoms with Gasteiger partial charge in [0.05, 0.1) is 11.7 Å². The van der Waals surface area contributed by atoms with E-state index in [1.54, 1.807) is 30.3 Å². The fraction of sp³-hybridized carbons (Fsp3) is 0.188. The number of carbonyl (C=O) groups excluding carboxylic acids is 1. The predicted molar refractivity (Wildman–Crippen MR) is 80.6 cm³/mol. The molecule has 5 nitrogen and oxygen atoms in total. The summed E-state index contributed by atoms with van der Waals surface area (Å²) in [7, 11) is 0. The number of nitrogens with one attached hydrogen (secondary N) is 3. The molecule has 1 amide bonds. The van der Waals surface area contributed by atoms with Crippen molar-refractivity contribution >= 4 is 11.6 Å². The van der Waals surface area contributed by atoms with Crippen LogP contribution in [0.4, 0.5) is 10.1 Å². The predicted octanol–water partition coefficient (Wildman–Crippen LogP) is 2.08. The summed E-state index contributed by atoms with van der Waals surface area (Å²) in [4.78, 5) is 12.2. The van der Waals surface area contributed by atoms with Gasteiger partial charge in [0, 0.05) is 5.56 Å². The maximum Gasteiger partial charge on any atom is 0.243 e. The molecule has 114 valence electrons. The Bertz CT molecular complexity index is 693. The number of hydrogen-bond acceptors (Lipinski definition) is 4. The maximum atomic E-state index is 13.5. The minimum absolute atomic E-state index is 0.153. The SMILES string of the molecule is O=C(Nc1ccccc1F)C1CC(c2ccccc2O)NN1. The van der Waals surface area contributed by atoms with Gasteiger partial charge in [0.15, 0.2) is 0 Å². The van der Waals surface area contributed by atoms with E-state index in [2.05, 4.69) is 16.2 Å². The molecule has 2 aromatic carbocycles. The topological polar surface area (TPSA) is 73.4 Å². The highest BCUT2D eigenvalue weighted by molar-refractivity contribution is 5.95. The van der Waals surface area contributed by atoms with E-state index in [4.69, 9.17) is 0 Å². The summed E-state index contributed by atoms with van der Waals surface area (Å²) in [5.74, 6) is -0.619. The van der Waals surface area contributed by atoms with Crippen molar-refractivity contribution in [1.82, 2.24) is 10.9 Å². The first-order valence-electron chi connectivity index (χ1n) is 6.99. The van der Waals surface area contributed by atoms with Crippen LogP contribution in [0.2, 0.25) is 0 Å². The van der Waals surface area contributed by atoms with Gasteiger partial charge in [-0.05, 0) is 24.6 Å². The summed E-state index contributed by atoms with van der Waals surface area (Å²) in [5.41, 5.74) is 6.73. The zero-order chi connectivity index (χ0) is 15.5. The van der Waals surface area contributed by atoms with Gasteiger partial charge in [-0.1, -0.05) is 30.3 Å². The fourth-order valence-electron chi connectivity index (χ4n) is 2.50. The van der Waals surface area contributed by atoms with Crippen LogP contribution in [-0.4, -0.2) is 17.1 Å². The van der Waals surface area contributed by atoms with Crippen LogP contribution in [0.5, 0.6) is 5.75 Å². The number of hydrazine groups is 1. The van der Waals surface area contributed by atoms with Gasteiger partial charge in [-0.25, -0.2) is 15.2 Å². The van der Waals surface area contributed by atoms with E-state index >= 15 is 0 Å². The number of halogens is 1. The third-order valence-electron chi connectivity index (χ3n) is 3.66. The molecule has 2 unspecified atom stereocenters. The number of phenolic OH excluding ortho intramolecular Hbond substituents is 1. The van der Waals surface area contributed by atoms with Gasteiger partial charge in [0.1, 0.15) is 17.6 Å². The number of amides is 1. The lowest BCUT2D eigenvalue weighted by Gasteiger charge is -2.12. The van der Waals surface area contributed by atoms with Gasteiger partial charge in [-0.15, -0.1) is 0 Å². The van der Waals surface area contributed by atoms with E-state index in [1.807, 2.05) is 6.07 Å². The van der Waals surface area contributed by atoms with Gasteiger partial charge in [-0.2, -0.15) is 0 Å². The molecule has 2 aromatic rings. The molecule has 2 atom stereocenters. The quantitative estimate of drug-likeness (QED) is 0.700. The monoisotopic (exact) mass is 301 g/mol. The van der Waals surface area contributed by atoms with Crippen molar-refractivity contribution in [1.29, 1.82) is 0 Å². The molecule has 0 bridgehead atoms. The Labute approximate surface area is 127 Å². The van der Waals surface area contributed by atoms with Crippen molar-refractivity contribution in [2.24, 2.45) is 0 Å². The smallest absolute Gasteiger partial charge is 0.243 e. The first-order chi connectivity index (χ1) is 10.6. The minimum Gasteiger partial charge on any atom is -0.508 e. The third kappa shape index (κ3) is 2.93. The number of benzene rings is 2. The van der Waals surface area contributed by atoms with E-state index in [0.29, 0.717) is 6.42 Å². The molecule has 0 spiro atoms. The van der Waals surface area contributed by atoms with Crippen molar-refractivity contribution in [3.8, 4) is 5.75 Å². The van der Waals surface area contributed by atoms with E-state index in [9.17, 15) is 14.3 Å². The molecule has 1 aliphatic rings. The molecule has 0 aliphatic carbocycles. The summed E-state index contributed by atoms with van der Waals surface area (Å²) >= 11 is 0. The van der Waals surface area contributed by atoms with Crippen LogP contribution in [0, 0.1) is 5.82 Å². The molecule has 1 fully saturated rings. The van der Waals surface area contributed by atoms with Crippen molar-refractivity contribution in [2.45, 2.75) is 18.5 Å². The Morgan fingerprint density at radius 2 is 1.86 bits per heavy atom. The van der Waals surface area contributed by atoms with Gasteiger partial charge in [0.2, 0.25) is 5.91 Å². The van der Waals surface area contributed by atoms with Crippen LogP contribution in [0.3, 0.4) is 0 Å². The largest absolute Gasteiger partial charge is 0.508 e. The van der Waals surface area contributed by atoms with Gasteiger partial charge in [-0.3, -0.25) is 4.79 Å². The molecule has 1 aliphatic heterocycles. The molecule has 4 N–H and O–H groups in total. The summed E-state index contributed by atoms with van der Waals surface area (Å²) in [5, 5.41) is 12.4. The second-order valence-corrected chi connectivity index (χ2v) is 5.16. The number of aromatic hydroxyl groups is 1. The van der Waals surface area contributed by atoms with Crippen LogP contribution in [0.15, 0.2) is 48.5 Å². The fourth-order valence-corrected chi connectivity index (χ4v) is 2.50. The van der Waals surface area contributed by atoms with Crippen molar-refractivity contribution in [2.75, 3.05) is 5.32 Å². The van der Waals surface area contributed by atoms with Crippen LogP contribution in [0.25, 0.3) is 0 Å². The highest BCUT2D eigenvalue weighted by Crippen LogP contribution is 2.29. The summed E-state index contributed by atoms with van der Waals surface area (Å²) < 4.78 is 13.5. The summed E-state index contributed by atoms with van der Waals surface area (Å²) in [6.45, 7) is 0. The first-order valence-corrected chi connectivity index (χ1v) is 6.99. The maximum absolute atomic E-state index is 13.5. The van der Waals surface area contributed by atoms with Crippen LogP contribution < -0.4 is 16.2 Å². The standard InChI is InChI=1S/C16H16FN3O2/c17-11-6-2-3-7-12(11)18-16(22)14-9-13(19-20-14)10-5-1-4-8-15(10)21/h1-8,13-14,19-21H,9H2,(H,18,22). The second-order valence-electron chi connectivity index (χ2n) is 5.16. The Hall–Kier alpha value is -2.44. The average Bonchev–Trinajstić information content (AvgIpc) is 3.00. The Balaban J connectivity index is 1.67. The highest BCUT2D eigenvalue weighted by Gasteiger charge is 2.31. The van der Waals surface area contributed by atoms with E-state index in [0.717, 1.165) is 5.56 Å². The van der Waals surface area contributed by atoms with E-state index < -0.39 is 11.9 Å². The normalized spacial score (nSPS) is 20.8. The Morgan fingerprint density at radius 1 is 1.14 bits per heavy atom. The summed E-state index contributed by atoms with van der Waals surface area (Å²) in [6.07, 6.45) is 0.456. The number of anilines is 1. The Kier molecular flexibility index (Phi) is 4.04. The van der Waals surface area contributed by atoms with Crippen molar-refractivity contribution in [3.05, 3.63) is 59.9 Å². The van der Waals surface area contributed by atoms with Crippen LogP contribution in [-0.2, 0) is 4.79 Å². The van der Waals surface area contributed by atoms with Gasteiger partial charge in [0.25, 0.3) is 0 Å². The lowest BCUT2D eigenvalue weighted by atomic mass is 10.0. The number of carbonyl (C=O) groups is 1.